The molecule has 1 rings (SSSR count). The summed E-state index contributed by atoms with van der Waals surface area (Å²) in [6, 6.07) is 0. The van der Waals surface area contributed by atoms with Crippen LogP contribution in [0, 0.1) is 5.92 Å². The molecule has 1 fully saturated rings. The molecular weight excluding hydrogens is 114 g/mol. The zero-order valence-corrected chi connectivity index (χ0v) is 6.15. The van der Waals surface area contributed by atoms with Crippen LogP contribution in [-0.2, 0) is 0 Å². The van der Waals surface area contributed by atoms with Gasteiger partial charge >= 0.3 is 0 Å². The smallest absolute Gasteiger partial charge is 0.0669 e. The van der Waals surface area contributed by atoms with Crippen molar-refractivity contribution < 1.29 is 5.11 Å². The summed E-state index contributed by atoms with van der Waals surface area (Å²) >= 11 is 0. The highest BCUT2D eigenvalue weighted by atomic mass is 16.3. The van der Waals surface area contributed by atoms with E-state index in [1.165, 1.54) is 0 Å². The Bertz CT molecular complexity index is 101. The lowest BCUT2D eigenvalue weighted by Gasteiger charge is -2.35. The van der Waals surface area contributed by atoms with E-state index in [9.17, 15) is 5.11 Å². The lowest BCUT2D eigenvalue weighted by atomic mass is 9.85. The van der Waals surface area contributed by atoms with E-state index in [1.54, 1.807) is 0 Å². The monoisotopic (exact) mass is 129 g/mol. The van der Waals surface area contributed by atoms with Crippen LogP contribution in [0.3, 0.4) is 0 Å². The van der Waals surface area contributed by atoms with E-state index >= 15 is 0 Å². The first-order valence-corrected chi connectivity index (χ1v) is 3.56. The first-order valence-electron chi connectivity index (χ1n) is 3.56. The van der Waals surface area contributed by atoms with E-state index < -0.39 is 5.60 Å². The maximum absolute atomic E-state index is 9.60. The molecular formula is C7H15NO. The van der Waals surface area contributed by atoms with Crippen LogP contribution in [0.5, 0.6) is 0 Å². The number of rotatable bonds is 0. The highest BCUT2D eigenvalue weighted by Gasteiger charge is 2.30. The van der Waals surface area contributed by atoms with E-state index in [2.05, 4.69) is 12.2 Å². The van der Waals surface area contributed by atoms with Gasteiger partial charge in [-0.25, -0.2) is 0 Å². The van der Waals surface area contributed by atoms with E-state index in [1.807, 2.05) is 6.92 Å². The number of hydrogen-bond acceptors (Lipinski definition) is 2. The second-order valence-electron chi connectivity index (χ2n) is 3.21. The molecule has 0 radical (unpaired) electrons. The van der Waals surface area contributed by atoms with Crippen LogP contribution < -0.4 is 5.32 Å². The molecule has 9 heavy (non-hydrogen) atoms. The second-order valence-corrected chi connectivity index (χ2v) is 3.21. The van der Waals surface area contributed by atoms with Gasteiger partial charge in [0.1, 0.15) is 0 Å². The first-order chi connectivity index (χ1) is 4.13. The Morgan fingerprint density at radius 1 is 1.67 bits per heavy atom. The maximum Gasteiger partial charge on any atom is 0.0669 e. The topological polar surface area (TPSA) is 32.3 Å². The van der Waals surface area contributed by atoms with Crippen LogP contribution in [0.2, 0.25) is 0 Å². The van der Waals surface area contributed by atoms with Crippen LogP contribution in [0.1, 0.15) is 20.3 Å². The van der Waals surface area contributed by atoms with E-state index in [0.717, 1.165) is 19.5 Å². The Balaban J connectivity index is 2.49. The minimum Gasteiger partial charge on any atom is -0.390 e. The molecule has 0 saturated carbocycles. The number of hydrogen-bond donors (Lipinski definition) is 2. The molecule has 0 spiro atoms. The first kappa shape index (κ1) is 7.03. The lowest BCUT2D eigenvalue weighted by Crippen LogP contribution is -2.46. The minimum atomic E-state index is -0.425. The van der Waals surface area contributed by atoms with Gasteiger partial charge in [0, 0.05) is 6.54 Å². The molecule has 2 heteroatoms. The molecule has 0 aromatic heterocycles. The van der Waals surface area contributed by atoms with Gasteiger partial charge in [0.2, 0.25) is 0 Å². The third kappa shape index (κ3) is 1.43. The van der Waals surface area contributed by atoms with E-state index in [4.69, 9.17) is 0 Å². The molecule has 0 aromatic carbocycles. The van der Waals surface area contributed by atoms with Crippen molar-refractivity contribution in [1.82, 2.24) is 5.32 Å². The summed E-state index contributed by atoms with van der Waals surface area (Å²) in [6.07, 6.45) is 0.883. The van der Waals surface area contributed by atoms with Crippen LogP contribution in [0.4, 0.5) is 0 Å². The Labute approximate surface area is 56.3 Å². The maximum atomic E-state index is 9.60. The van der Waals surface area contributed by atoms with Gasteiger partial charge in [-0.3, -0.25) is 0 Å². The fraction of sp³-hybridized carbons (Fsp3) is 1.00. The Hall–Kier alpha value is -0.0800. The van der Waals surface area contributed by atoms with Gasteiger partial charge in [-0.2, -0.15) is 0 Å². The third-order valence-electron chi connectivity index (χ3n) is 2.32. The van der Waals surface area contributed by atoms with Gasteiger partial charge in [-0.05, 0) is 25.8 Å². The number of aliphatic hydroxyl groups is 1. The SMILES string of the molecule is C[C@H]1CNCC[C@@]1(C)O. The van der Waals surface area contributed by atoms with E-state index in [-0.39, 0.29) is 0 Å². The zero-order valence-electron chi connectivity index (χ0n) is 6.15. The van der Waals surface area contributed by atoms with Crippen LogP contribution in [0.15, 0.2) is 0 Å². The van der Waals surface area contributed by atoms with Crippen molar-refractivity contribution in [2.75, 3.05) is 13.1 Å². The van der Waals surface area contributed by atoms with Crippen molar-refractivity contribution in [2.24, 2.45) is 5.92 Å². The standard InChI is InChI=1S/C7H15NO/c1-6-5-8-4-3-7(6,2)9/h6,8-9H,3-5H2,1-2H3/t6-,7+/m0/s1. The van der Waals surface area contributed by atoms with Crippen molar-refractivity contribution in [3.05, 3.63) is 0 Å². The quantitative estimate of drug-likeness (QED) is 0.495. The fourth-order valence-electron chi connectivity index (χ4n) is 1.13. The van der Waals surface area contributed by atoms with Gasteiger partial charge < -0.3 is 10.4 Å². The normalized spacial score (nSPS) is 45.0. The van der Waals surface area contributed by atoms with Crippen molar-refractivity contribution in [1.29, 1.82) is 0 Å². The average molecular weight is 129 g/mol. The fourth-order valence-corrected chi connectivity index (χ4v) is 1.13. The van der Waals surface area contributed by atoms with Crippen LogP contribution >= 0.6 is 0 Å². The van der Waals surface area contributed by atoms with Crippen molar-refractivity contribution in [3.8, 4) is 0 Å². The van der Waals surface area contributed by atoms with Gasteiger partial charge in [0.15, 0.2) is 0 Å². The van der Waals surface area contributed by atoms with Gasteiger partial charge in [0.25, 0.3) is 0 Å². The molecule has 0 aromatic rings. The predicted molar refractivity (Wildman–Crippen MR) is 37.3 cm³/mol. The summed E-state index contributed by atoms with van der Waals surface area (Å²) < 4.78 is 0. The number of piperidine rings is 1. The van der Waals surface area contributed by atoms with Crippen molar-refractivity contribution >= 4 is 0 Å². The molecule has 0 bridgehead atoms. The summed E-state index contributed by atoms with van der Waals surface area (Å²) in [6.45, 7) is 5.90. The Morgan fingerprint density at radius 3 is 2.67 bits per heavy atom. The van der Waals surface area contributed by atoms with Gasteiger partial charge in [-0.1, -0.05) is 6.92 Å². The second kappa shape index (κ2) is 2.27. The Morgan fingerprint density at radius 2 is 2.33 bits per heavy atom. The predicted octanol–water partition coefficient (Wildman–Crippen LogP) is 0.367. The van der Waals surface area contributed by atoms with Crippen LogP contribution in [0.25, 0.3) is 0 Å². The summed E-state index contributed by atoms with van der Waals surface area (Å²) in [4.78, 5) is 0. The van der Waals surface area contributed by atoms with Gasteiger partial charge in [-0.15, -0.1) is 0 Å². The minimum absolute atomic E-state index is 0.395. The molecule has 1 aliphatic heterocycles. The molecule has 1 saturated heterocycles. The lowest BCUT2D eigenvalue weighted by molar-refractivity contribution is -0.0160. The van der Waals surface area contributed by atoms with E-state index in [0.29, 0.717) is 5.92 Å². The molecule has 0 unspecified atom stereocenters. The molecule has 1 heterocycles. The largest absolute Gasteiger partial charge is 0.390 e. The summed E-state index contributed by atoms with van der Waals surface area (Å²) in [5.41, 5.74) is -0.425. The molecule has 2 nitrogen and oxygen atoms in total. The highest BCUT2D eigenvalue weighted by molar-refractivity contribution is 4.85. The molecule has 2 N–H and O–H groups in total. The van der Waals surface area contributed by atoms with Gasteiger partial charge in [0.05, 0.1) is 5.60 Å². The molecule has 1 aliphatic rings. The summed E-state index contributed by atoms with van der Waals surface area (Å²) in [5, 5.41) is 12.8. The van der Waals surface area contributed by atoms with Crippen LogP contribution in [-0.4, -0.2) is 23.8 Å². The third-order valence-corrected chi connectivity index (χ3v) is 2.32. The highest BCUT2D eigenvalue weighted by Crippen LogP contribution is 2.22. The molecule has 2 atom stereocenters. The molecule has 54 valence electrons. The average Bonchev–Trinajstić information content (AvgIpc) is 1.77. The van der Waals surface area contributed by atoms with Crippen molar-refractivity contribution in [3.63, 3.8) is 0 Å². The van der Waals surface area contributed by atoms with Crippen molar-refractivity contribution in [2.45, 2.75) is 25.9 Å². The molecule has 0 aliphatic carbocycles. The zero-order chi connectivity index (χ0) is 6.91. The summed E-state index contributed by atoms with van der Waals surface area (Å²) in [5.74, 6) is 0.395. The number of nitrogens with one attached hydrogen (secondary N) is 1. The summed E-state index contributed by atoms with van der Waals surface area (Å²) in [7, 11) is 0. The Kier molecular flexibility index (Phi) is 1.78. The molecule has 0 amide bonds.